The lowest BCUT2D eigenvalue weighted by Crippen LogP contribution is -2.22. The molecule has 0 aromatic carbocycles. The number of carbonyl (C=O) groups is 1. The van der Waals surface area contributed by atoms with Gasteiger partial charge in [-0.3, -0.25) is 9.20 Å². The van der Waals surface area contributed by atoms with Crippen LogP contribution in [0.2, 0.25) is 0 Å². The van der Waals surface area contributed by atoms with Crippen molar-refractivity contribution in [1.29, 1.82) is 0 Å². The summed E-state index contributed by atoms with van der Waals surface area (Å²) >= 11 is 3.17. The molecular weight excluding hydrogens is 392 g/mol. The van der Waals surface area contributed by atoms with Gasteiger partial charge in [0.1, 0.15) is 17.3 Å². The minimum atomic E-state index is -0.162. The Kier molecular flexibility index (Phi) is 5.00. The molecule has 0 aliphatic heterocycles. The molecule has 6 nitrogen and oxygen atoms in total. The van der Waals surface area contributed by atoms with E-state index in [1.807, 2.05) is 4.40 Å². The van der Waals surface area contributed by atoms with Crippen molar-refractivity contribution in [1.82, 2.24) is 19.6 Å². The van der Waals surface area contributed by atoms with Crippen molar-refractivity contribution >= 4 is 44.9 Å². The summed E-state index contributed by atoms with van der Waals surface area (Å²) in [7, 11) is 0. The average molecular weight is 417 g/mol. The third-order valence-electron chi connectivity index (χ3n) is 5.84. The maximum atomic E-state index is 12.2. The van der Waals surface area contributed by atoms with Gasteiger partial charge < -0.3 is 4.74 Å². The normalized spacial score (nSPS) is 20.5. The molecular formula is C20H24N4O2S2. The first-order valence-electron chi connectivity index (χ1n) is 10.2. The molecule has 148 valence electrons. The number of carbonyl (C=O) groups excluding carboxylic acids is 1. The summed E-state index contributed by atoms with van der Waals surface area (Å²) in [6.07, 6.45) is 10.9. The molecule has 0 saturated heterocycles. The average Bonchev–Trinajstić information content (AvgIpc) is 3.27. The van der Waals surface area contributed by atoms with Gasteiger partial charge in [0, 0.05) is 4.88 Å². The Morgan fingerprint density at radius 1 is 1.29 bits per heavy atom. The number of fused-ring (bicyclic) bond motifs is 5. The molecule has 3 aromatic rings. The highest BCUT2D eigenvalue weighted by Gasteiger charge is 2.24. The molecule has 0 N–H and O–H groups in total. The Morgan fingerprint density at radius 2 is 2.14 bits per heavy atom. The lowest BCUT2D eigenvalue weighted by atomic mass is 9.89. The maximum absolute atomic E-state index is 12.2. The molecule has 2 aliphatic carbocycles. The minimum Gasteiger partial charge on any atom is -0.462 e. The lowest BCUT2D eigenvalue weighted by Gasteiger charge is -2.21. The second-order valence-corrected chi connectivity index (χ2v) is 10.0. The summed E-state index contributed by atoms with van der Waals surface area (Å²) in [6.45, 7) is 2.31. The zero-order valence-electron chi connectivity index (χ0n) is 16.0. The molecule has 28 heavy (non-hydrogen) atoms. The van der Waals surface area contributed by atoms with Gasteiger partial charge >= 0.3 is 5.97 Å². The zero-order chi connectivity index (χ0) is 19.1. The van der Waals surface area contributed by atoms with Crippen LogP contribution in [0.4, 0.5) is 0 Å². The highest BCUT2D eigenvalue weighted by molar-refractivity contribution is 7.99. The Labute approximate surface area is 172 Å². The second kappa shape index (κ2) is 7.63. The number of aromatic nitrogens is 4. The number of rotatable bonds is 4. The SMILES string of the molecule is CC1CCc2c(sc3ncn4c(SCC(=O)OC5CCCCC5)nnc4c23)C1. The molecule has 0 radical (unpaired) electrons. The van der Waals surface area contributed by atoms with Gasteiger partial charge in [-0.25, -0.2) is 4.98 Å². The predicted octanol–water partition coefficient (Wildman–Crippen LogP) is 4.43. The molecule has 3 heterocycles. The lowest BCUT2D eigenvalue weighted by molar-refractivity contribution is -0.147. The predicted molar refractivity (Wildman–Crippen MR) is 111 cm³/mol. The van der Waals surface area contributed by atoms with Crippen LogP contribution in [0.5, 0.6) is 0 Å². The number of esters is 1. The molecule has 1 fully saturated rings. The van der Waals surface area contributed by atoms with Gasteiger partial charge in [0.15, 0.2) is 10.8 Å². The van der Waals surface area contributed by atoms with Crippen molar-refractivity contribution in [3.63, 3.8) is 0 Å². The summed E-state index contributed by atoms with van der Waals surface area (Å²) in [5, 5.41) is 10.6. The van der Waals surface area contributed by atoms with Crippen molar-refractivity contribution in [2.75, 3.05) is 5.75 Å². The fraction of sp³-hybridized carbons (Fsp3) is 0.600. The first-order chi connectivity index (χ1) is 13.7. The van der Waals surface area contributed by atoms with Gasteiger partial charge in [-0.1, -0.05) is 25.1 Å². The molecule has 2 aliphatic rings. The van der Waals surface area contributed by atoms with Crippen LogP contribution in [0, 0.1) is 5.92 Å². The van der Waals surface area contributed by atoms with E-state index in [0.29, 0.717) is 5.16 Å². The number of nitrogens with zero attached hydrogens (tertiary/aromatic N) is 4. The molecule has 0 amide bonds. The largest absolute Gasteiger partial charge is 0.462 e. The molecule has 0 bridgehead atoms. The van der Waals surface area contributed by atoms with Crippen LogP contribution in [0.25, 0.3) is 15.9 Å². The van der Waals surface area contributed by atoms with E-state index in [9.17, 15) is 4.79 Å². The van der Waals surface area contributed by atoms with Crippen LogP contribution < -0.4 is 0 Å². The second-order valence-electron chi connectivity index (χ2n) is 7.99. The van der Waals surface area contributed by atoms with Crippen LogP contribution >= 0.6 is 23.1 Å². The maximum Gasteiger partial charge on any atom is 0.316 e. The van der Waals surface area contributed by atoms with Gasteiger partial charge in [-0.15, -0.1) is 21.5 Å². The number of thioether (sulfide) groups is 1. The van der Waals surface area contributed by atoms with Crippen LogP contribution in [0.3, 0.4) is 0 Å². The fourth-order valence-corrected chi connectivity index (χ4v) is 6.38. The monoisotopic (exact) mass is 416 g/mol. The van der Waals surface area contributed by atoms with Gasteiger partial charge in [0.05, 0.1) is 11.1 Å². The van der Waals surface area contributed by atoms with Gasteiger partial charge in [0.25, 0.3) is 0 Å². The van der Waals surface area contributed by atoms with Crippen molar-refractivity contribution in [3.8, 4) is 0 Å². The number of hydrogen-bond acceptors (Lipinski definition) is 7. The first-order valence-corrected chi connectivity index (χ1v) is 12.0. The topological polar surface area (TPSA) is 69.4 Å². The van der Waals surface area contributed by atoms with E-state index in [4.69, 9.17) is 4.74 Å². The number of aryl methyl sites for hydroxylation is 1. The zero-order valence-corrected chi connectivity index (χ0v) is 17.7. The summed E-state index contributed by atoms with van der Waals surface area (Å²) < 4.78 is 7.54. The van der Waals surface area contributed by atoms with Crippen molar-refractivity contribution in [3.05, 3.63) is 16.8 Å². The quantitative estimate of drug-likeness (QED) is 0.463. The first kappa shape index (κ1) is 18.4. The van der Waals surface area contributed by atoms with Gasteiger partial charge in [0.2, 0.25) is 0 Å². The van der Waals surface area contributed by atoms with Crippen molar-refractivity contribution in [2.24, 2.45) is 5.92 Å². The van der Waals surface area contributed by atoms with E-state index in [-0.39, 0.29) is 17.8 Å². The molecule has 8 heteroatoms. The number of hydrogen-bond donors (Lipinski definition) is 0. The summed E-state index contributed by atoms with van der Waals surface area (Å²) in [6, 6.07) is 0. The third-order valence-corrected chi connectivity index (χ3v) is 7.92. The van der Waals surface area contributed by atoms with Crippen LogP contribution in [-0.2, 0) is 22.4 Å². The highest BCUT2D eigenvalue weighted by Crippen LogP contribution is 2.39. The number of ether oxygens (including phenoxy) is 1. The molecule has 5 rings (SSSR count). The van der Waals surface area contributed by atoms with Gasteiger partial charge in [-0.05, 0) is 56.4 Å². The smallest absolute Gasteiger partial charge is 0.316 e. The van der Waals surface area contributed by atoms with E-state index in [2.05, 4.69) is 22.1 Å². The molecule has 1 saturated carbocycles. The summed E-state index contributed by atoms with van der Waals surface area (Å²) in [5.74, 6) is 0.828. The van der Waals surface area contributed by atoms with Crippen molar-refractivity contribution in [2.45, 2.75) is 69.6 Å². The minimum absolute atomic E-state index is 0.0954. The van der Waals surface area contributed by atoms with E-state index in [1.54, 1.807) is 17.7 Å². The van der Waals surface area contributed by atoms with E-state index >= 15 is 0 Å². The Hall–Kier alpha value is -1.67. The van der Waals surface area contributed by atoms with E-state index in [1.165, 1.54) is 35.0 Å². The number of thiophene rings is 1. The van der Waals surface area contributed by atoms with Crippen LogP contribution in [0.15, 0.2) is 11.5 Å². The molecule has 3 aromatic heterocycles. The van der Waals surface area contributed by atoms with E-state index in [0.717, 1.165) is 60.3 Å². The van der Waals surface area contributed by atoms with E-state index < -0.39 is 0 Å². The van der Waals surface area contributed by atoms with Crippen molar-refractivity contribution < 1.29 is 9.53 Å². The molecule has 0 spiro atoms. The molecule has 1 unspecified atom stereocenters. The third kappa shape index (κ3) is 3.41. The Morgan fingerprint density at radius 3 is 3.00 bits per heavy atom. The standard InChI is InChI=1S/C20H24N4O2S2/c1-12-7-8-14-15(9-12)28-19-17(14)18-22-23-20(24(18)11-21-19)27-10-16(25)26-13-5-3-2-4-6-13/h11-13H,2-10H2,1H3. The highest BCUT2D eigenvalue weighted by atomic mass is 32.2. The van der Waals surface area contributed by atoms with Crippen LogP contribution in [-0.4, -0.2) is 37.4 Å². The van der Waals surface area contributed by atoms with Crippen LogP contribution in [0.1, 0.15) is 55.9 Å². The Balaban J connectivity index is 1.36. The summed E-state index contributed by atoms with van der Waals surface area (Å²) in [5.41, 5.74) is 2.26. The fourth-order valence-electron chi connectivity index (χ4n) is 4.34. The Bertz CT molecular complexity index is 1020. The summed E-state index contributed by atoms with van der Waals surface area (Å²) in [4.78, 5) is 19.4. The van der Waals surface area contributed by atoms with Gasteiger partial charge in [-0.2, -0.15) is 0 Å². The molecule has 1 atom stereocenters.